The third-order valence-corrected chi connectivity index (χ3v) is 4.07. The standard InChI is InChI=1S/C16H23FO2/c1-2-12-6-5-7-13(10-12)19-11-16(18)14-8-3-4-9-15(14)17/h3-4,8-9,12-13,16,18H,2,5-7,10-11H2,1H3. The summed E-state index contributed by atoms with van der Waals surface area (Å²) in [5.41, 5.74) is 0.324. The van der Waals surface area contributed by atoms with Gasteiger partial charge < -0.3 is 9.84 Å². The minimum atomic E-state index is -0.872. The molecule has 1 aliphatic carbocycles. The van der Waals surface area contributed by atoms with Crippen molar-refractivity contribution in [2.75, 3.05) is 6.61 Å². The minimum Gasteiger partial charge on any atom is -0.386 e. The van der Waals surface area contributed by atoms with Crippen molar-refractivity contribution >= 4 is 0 Å². The highest BCUT2D eigenvalue weighted by Gasteiger charge is 2.22. The number of hydrogen-bond acceptors (Lipinski definition) is 2. The fourth-order valence-electron chi connectivity index (χ4n) is 2.83. The van der Waals surface area contributed by atoms with Crippen LogP contribution < -0.4 is 0 Å². The lowest BCUT2D eigenvalue weighted by Gasteiger charge is -2.29. The smallest absolute Gasteiger partial charge is 0.129 e. The second-order valence-electron chi connectivity index (χ2n) is 5.43. The number of aliphatic hydroxyl groups is 1. The molecule has 2 nitrogen and oxygen atoms in total. The maximum Gasteiger partial charge on any atom is 0.129 e. The second-order valence-corrected chi connectivity index (χ2v) is 5.43. The van der Waals surface area contributed by atoms with Gasteiger partial charge in [-0.1, -0.05) is 44.4 Å². The lowest BCUT2D eigenvalue weighted by molar-refractivity contribution is -0.0348. The molecule has 0 bridgehead atoms. The van der Waals surface area contributed by atoms with Gasteiger partial charge >= 0.3 is 0 Å². The molecule has 19 heavy (non-hydrogen) atoms. The normalized spacial score (nSPS) is 25.2. The van der Waals surface area contributed by atoms with E-state index in [2.05, 4.69) is 6.92 Å². The molecule has 2 rings (SSSR count). The van der Waals surface area contributed by atoms with Gasteiger partial charge in [0.2, 0.25) is 0 Å². The highest BCUT2D eigenvalue weighted by Crippen LogP contribution is 2.29. The van der Waals surface area contributed by atoms with Crippen LogP contribution in [0.3, 0.4) is 0 Å². The van der Waals surface area contributed by atoms with Crippen LogP contribution in [0.25, 0.3) is 0 Å². The largest absolute Gasteiger partial charge is 0.386 e. The van der Waals surface area contributed by atoms with Crippen LogP contribution in [-0.2, 0) is 4.74 Å². The van der Waals surface area contributed by atoms with Crippen molar-refractivity contribution in [2.45, 2.75) is 51.2 Å². The number of hydrogen-bond donors (Lipinski definition) is 1. The van der Waals surface area contributed by atoms with Crippen LogP contribution in [0.15, 0.2) is 24.3 Å². The van der Waals surface area contributed by atoms with Crippen molar-refractivity contribution in [3.8, 4) is 0 Å². The molecule has 1 aromatic rings. The van der Waals surface area contributed by atoms with E-state index in [1.165, 1.54) is 25.3 Å². The van der Waals surface area contributed by atoms with Crippen LogP contribution in [0.2, 0.25) is 0 Å². The zero-order valence-corrected chi connectivity index (χ0v) is 11.5. The van der Waals surface area contributed by atoms with Crippen LogP contribution in [0.1, 0.15) is 50.7 Å². The van der Waals surface area contributed by atoms with Crippen LogP contribution >= 0.6 is 0 Å². The first-order valence-corrected chi connectivity index (χ1v) is 7.24. The van der Waals surface area contributed by atoms with E-state index in [4.69, 9.17) is 4.74 Å². The maximum absolute atomic E-state index is 13.5. The van der Waals surface area contributed by atoms with E-state index in [9.17, 15) is 9.50 Å². The van der Waals surface area contributed by atoms with E-state index >= 15 is 0 Å². The highest BCUT2D eigenvalue weighted by molar-refractivity contribution is 5.19. The molecule has 106 valence electrons. The lowest BCUT2D eigenvalue weighted by atomic mass is 9.85. The van der Waals surface area contributed by atoms with Crippen LogP contribution in [0.5, 0.6) is 0 Å². The summed E-state index contributed by atoms with van der Waals surface area (Å²) in [7, 11) is 0. The Hall–Kier alpha value is -0.930. The van der Waals surface area contributed by atoms with E-state index < -0.39 is 6.10 Å². The highest BCUT2D eigenvalue weighted by atomic mass is 19.1. The van der Waals surface area contributed by atoms with Gasteiger partial charge in [-0.05, 0) is 24.8 Å². The van der Waals surface area contributed by atoms with Crippen molar-refractivity contribution < 1.29 is 14.2 Å². The van der Waals surface area contributed by atoms with Crippen molar-refractivity contribution in [1.29, 1.82) is 0 Å². The first-order valence-electron chi connectivity index (χ1n) is 7.24. The predicted octanol–water partition coefficient (Wildman–Crippen LogP) is 3.84. The molecule has 0 spiro atoms. The second kappa shape index (κ2) is 7.01. The minimum absolute atomic E-state index is 0.183. The SMILES string of the molecule is CCC1CCCC(OCC(O)c2ccccc2F)C1. The molecule has 0 amide bonds. The van der Waals surface area contributed by atoms with Crippen molar-refractivity contribution in [3.63, 3.8) is 0 Å². The Morgan fingerprint density at radius 3 is 2.89 bits per heavy atom. The van der Waals surface area contributed by atoms with Gasteiger partial charge in [0, 0.05) is 5.56 Å². The van der Waals surface area contributed by atoms with E-state index in [0.29, 0.717) is 5.56 Å². The van der Waals surface area contributed by atoms with Crippen LogP contribution in [0, 0.1) is 11.7 Å². The third kappa shape index (κ3) is 4.02. The fraction of sp³-hybridized carbons (Fsp3) is 0.625. The average Bonchev–Trinajstić information content (AvgIpc) is 2.45. The van der Waals surface area contributed by atoms with Gasteiger partial charge in [0.15, 0.2) is 0 Å². The molecule has 3 unspecified atom stereocenters. The molecule has 1 aliphatic rings. The molecule has 1 fully saturated rings. The lowest BCUT2D eigenvalue weighted by Crippen LogP contribution is -2.24. The Balaban J connectivity index is 1.83. The first-order chi connectivity index (χ1) is 9.20. The molecule has 0 aliphatic heterocycles. The van der Waals surface area contributed by atoms with E-state index in [-0.39, 0.29) is 18.5 Å². The molecular weight excluding hydrogens is 243 g/mol. The number of benzene rings is 1. The van der Waals surface area contributed by atoms with E-state index in [1.54, 1.807) is 18.2 Å². The van der Waals surface area contributed by atoms with Gasteiger partial charge in [0.25, 0.3) is 0 Å². The number of rotatable bonds is 5. The van der Waals surface area contributed by atoms with E-state index in [0.717, 1.165) is 18.8 Å². The van der Waals surface area contributed by atoms with Gasteiger partial charge in [-0.25, -0.2) is 4.39 Å². The monoisotopic (exact) mass is 266 g/mol. The average molecular weight is 266 g/mol. The molecule has 0 saturated heterocycles. The predicted molar refractivity (Wildman–Crippen MR) is 73.3 cm³/mol. The number of aliphatic hydroxyl groups excluding tert-OH is 1. The van der Waals surface area contributed by atoms with E-state index in [1.807, 2.05) is 0 Å². The van der Waals surface area contributed by atoms with Gasteiger partial charge in [-0.3, -0.25) is 0 Å². The summed E-state index contributed by atoms with van der Waals surface area (Å²) in [4.78, 5) is 0. The summed E-state index contributed by atoms with van der Waals surface area (Å²) >= 11 is 0. The van der Waals surface area contributed by atoms with Crippen LogP contribution in [-0.4, -0.2) is 17.8 Å². The third-order valence-electron chi connectivity index (χ3n) is 4.07. The van der Waals surface area contributed by atoms with Crippen molar-refractivity contribution in [1.82, 2.24) is 0 Å². The Morgan fingerprint density at radius 2 is 2.16 bits per heavy atom. The summed E-state index contributed by atoms with van der Waals surface area (Å²) in [6.45, 7) is 2.39. The zero-order valence-electron chi connectivity index (χ0n) is 11.5. The fourth-order valence-corrected chi connectivity index (χ4v) is 2.83. The topological polar surface area (TPSA) is 29.5 Å². The Kier molecular flexibility index (Phi) is 5.34. The summed E-state index contributed by atoms with van der Waals surface area (Å²) in [6.07, 6.45) is 5.14. The molecule has 3 atom stereocenters. The number of ether oxygens (including phenoxy) is 1. The Bertz CT molecular complexity index is 394. The summed E-state index contributed by atoms with van der Waals surface area (Å²) in [5.74, 6) is 0.373. The van der Waals surface area contributed by atoms with Gasteiger partial charge in [0.05, 0.1) is 12.7 Å². The summed E-state index contributed by atoms with van der Waals surface area (Å²) < 4.78 is 19.3. The van der Waals surface area contributed by atoms with Crippen molar-refractivity contribution in [2.24, 2.45) is 5.92 Å². The first kappa shape index (κ1) is 14.5. The molecule has 0 heterocycles. The zero-order chi connectivity index (χ0) is 13.7. The molecule has 1 saturated carbocycles. The van der Waals surface area contributed by atoms with Gasteiger partial charge in [-0.15, -0.1) is 0 Å². The summed E-state index contributed by atoms with van der Waals surface area (Å²) in [5, 5.41) is 9.99. The van der Waals surface area contributed by atoms with Crippen LogP contribution in [0.4, 0.5) is 4.39 Å². The number of halogens is 1. The Morgan fingerprint density at radius 1 is 1.37 bits per heavy atom. The maximum atomic E-state index is 13.5. The van der Waals surface area contributed by atoms with Gasteiger partial charge in [-0.2, -0.15) is 0 Å². The Labute approximate surface area is 114 Å². The molecule has 1 N–H and O–H groups in total. The molecule has 0 aromatic heterocycles. The molecule has 3 heteroatoms. The van der Waals surface area contributed by atoms with Crippen molar-refractivity contribution in [3.05, 3.63) is 35.6 Å². The van der Waals surface area contributed by atoms with Gasteiger partial charge in [0.1, 0.15) is 11.9 Å². The molecule has 1 aromatic carbocycles. The molecule has 0 radical (unpaired) electrons. The summed E-state index contributed by atoms with van der Waals surface area (Å²) in [6, 6.07) is 6.33. The molecular formula is C16H23FO2. The quantitative estimate of drug-likeness (QED) is 0.877.